The Balaban J connectivity index is 2.22. The summed E-state index contributed by atoms with van der Waals surface area (Å²) in [6.07, 6.45) is 0. The smallest absolute Gasteiger partial charge is 0.237 e. The molecule has 0 unspecified atom stereocenters. The summed E-state index contributed by atoms with van der Waals surface area (Å²) in [7, 11) is -1.95. The van der Waals surface area contributed by atoms with E-state index in [1.807, 2.05) is 31.2 Å². The van der Waals surface area contributed by atoms with Crippen molar-refractivity contribution in [1.29, 1.82) is 0 Å². The van der Waals surface area contributed by atoms with Crippen molar-refractivity contribution in [2.75, 3.05) is 11.8 Å². The van der Waals surface area contributed by atoms with Gasteiger partial charge in [0.2, 0.25) is 10.0 Å². The van der Waals surface area contributed by atoms with Gasteiger partial charge in [0, 0.05) is 0 Å². The normalized spacial score (nSPS) is 11.1. The number of sulfonamides is 1. The lowest BCUT2D eigenvalue weighted by Gasteiger charge is -2.12. The molecule has 2 aromatic carbocycles. The summed E-state index contributed by atoms with van der Waals surface area (Å²) in [6, 6.07) is 14.4. The van der Waals surface area contributed by atoms with Gasteiger partial charge in [0.05, 0.1) is 18.6 Å². The molecule has 0 aromatic heterocycles. The van der Waals surface area contributed by atoms with Gasteiger partial charge in [-0.2, -0.15) is 0 Å². The largest absolute Gasteiger partial charge is 0.495 e. The molecule has 0 fully saturated rings. The lowest BCUT2D eigenvalue weighted by atomic mass is 10.2. The number of anilines is 1. The molecular formula is C15H17NO3S. The maximum Gasteiger partial charge on any atom is 0.237 e. The Morgan fingerprint density at radius 2 is 1.80 bits per heavy atom. The third kappa shape index (κ3) is 3.74. The predicted octanol–water partition coefficient (Wildman–Crippen LogP) is 2.95. The fraction of sp³-hybridized carbons (Fsp3) is 0.200. The molecule has 0 amide bonds. The lowest BCUT2D eigenvalue weighted by Crippen LogP contribution is -2.15. The van der Waals surface area contributed by atoms with Crippen molar-refractivity contribution in [3.05, 3.63) is 59.7 Å². The van der Waals surface area contributed by atoms with Gasteiger partial charge < -0.3 is 4.74 Å². The van der Waals surface area contributed by atoms with Crippen LogP contribution in [0.2, 0.25) is 0 Å². The first kappa shape index (κ1) is 14.4. The summed E-state index contributed by atoms with van der Waals surface area (Å²) in [5.74, 6) is 0.442. The zero-order chi connectivity index (χ0) is 14.6. The number of hydrogen-bond donors (Lipinski definition) is 1. The van der Waals surface area contributed by atoms with Gasteiger partial charge in [0.25, 0.3) is 0 Å². The van der Waals surface area contributed by atoms with E-state index in [4.69, 9.17) is 4.74 Å². The molecule has 0 aliphatic rings. The van der Waals surface area contributed by atoms with Crippen molar-refractivity contribution in [3.63, 3.8) is 0 Å². The monoisotopic (exact) mass is 291 g/mol. The summed E-state index contributed by atoms with van der Waals surface area (Å²) in [5.41, 5.74) is 2.17. The van der Waals surface area contributed by atoms with Crippen LogP contribution in [0.5, 0.6) is 5.75 Å². The molecule has 0 bridgehead atoms. The third-order valence-corrected chi connectivity index (χ3v) is 4.06. The summed E-state index contributed by atoms with van der Waals surface area (Å²) < 4.78 is 32.1. The topological polar surface area (TPSA) is 55.4 Å². The molecule has 2 aromatic rings. The summed E-state index contributed by atoms with van der Waals surface area (Å²) in [5, 5.41) is 0. The second kappa shape index (κ2) is 5.96. The Bertz CT molecular complexity index is 682. The quantitative estimate of drug-likeness (QED) is 0.921. The predicted molar refractivity (Wildman–Crippen MR) is 80.4 cm³/mol. The minimum atomic E-state index is -3.47. The number of rotatable bonds is 5. The Morgan fingerprint density at radius 3 is 2.45 bits per heavy atom. The molecule has 0 saturated heterocycles. The first-order valence-electron chi connectivity index (χ1n) is 6.19. The Morgan fingerprint density at radius 1 is 1.10 bits per heavy atom. The third-order valence-electron chi connectivity index (χ3n) is 2.82. The van der Waals surface area contributed by atoms with Crippen LogP contribution in [-0.2, 0) is 15.8 Å². The average molecular weight is 291 g/mol. The van der Waals surface area contributed by atoms with Crippen molar-refractivity contribution in [2.24, 2.45) is 0 Å². The van der Waals surface area contributed by atoms with Crippen LogP contribution >= 0.6 is 0 Å². The van der Waals surface area contributed by atoms with E-state index in [1.54, 1.807) is 24.3 Å². The van der Waals surface area contributed by atoms with Crippen molar-refractivity contribution >= 4 is 15.7 Å². The van der Waals surface area contributed by atoms with Crippen molar-refractivity contribution < 1.29 is 13.2 Å². The Labute approximate surface area is 119 Å². The van der Waals surface area contributed by atoms with Gasteiger partial charge in [0.15, 0.2) is 0 Å². The van der Waals surface area contributed by atoms with Gasteiger partial charge in [0.1, 0.15) is 5.75 Å². The van der Waals surface area contributed by atoms with Gasteiger partial charge in [-0.25, -0.2) is 8.42 Å². The zero-order valence-corrected chi connectivity index (χ0v) is 12.3. The molecule has 0 atom stereocenters. The summed E-state index contributed by atoms with van der Waals surface area (Å²) in [6.45, 7) is 1.90. The van der Waals surface area contributed by atoms with Crippen molar-refractivity contribution in [3.8, 4) is 5.75 Å². The molecule has 0 spiro atoms. The number of nitrogens with one attached hydrogen (secondary N) is 1. The van der Waals surface area contributed by atoms with Crippen LogP contribution < -0.4 is 9.46 Å². The molecule has 5 heteroatoms. The summed E-state index contributed by atoms with van der Waals surface area (Å²) >= 11 is 0. The molecule has 0 aliphatic carbocycles. The van der Waals surface area contributed by atoms with Crippen LogP contribution in [0.3, 0.4) is 0 Å². The molecule has 2 rings (SSSR count). The zero-order valence-electron chi connectivity index (χ0n) is 11.5. The molecule has 0 radical (unpaired) electrons. The van der Waals surface area contributed by atoms with Crippen molar-refractivity contribution in [2.45, 2.75) is 12.7 Å². The first-order chi connectivity index (χ1) is 9.50. The molecule has 1 N–H and O–H groups in total. The number of ether oxygens (including phenoxy) is 1. The fourth-order valence-corrected chi connectivity index (χ4v) is 3.10. The Hall–Kier alpha value is -2.01. The van der Waals surface area contributed by atoms with E-state index in [1.165, 1.54) is 7.11 Å². The molecule has 0 aliphatic heterocycles. The second-order valence-corrected chi connectivity index (χ2v) is 6.27. The number of aryl methyl sites for hydroxylation is 1. The minimum Gasteiger partial charge on any atom is -0.495 e. The van der Waals surface area contributed by atoms with Crippen LogP contribution in [0.25, 0.3) is 0 Å². The van der Waals surface area contributed by atoms with Crippen LogP contribution in [-0.4, -0.2) is 15.5 Å². The number of hydrogen-bond acceptors (Lipinski definition) is 3. The SMILES string of the molecule is COc1ccc(C)cc1NS(=O)(=O)Cc1ccccc1. The first-order valence-corrected chi connectivity index (χ1v) is 7.84. The highest BCUT2D eigenvalue weighted by atomic mass is 32.2. The average Bonchev–Trinajstić information content (AvgIpc) is 2.39. The minimum absolute atomic E-state index is 0.0645. The van der Waals surface area contributed by atoms with Crippen molar-refractivity contribution in [1.82, 2.24) is 0 Å². The molecule has 20 heavy (non-hydrogen) atoms. The van der Waals surface area contributed by atoms with E-state index >= 15 is 0 Å². The molecule has 0 heterocycles. The highest BCUT2D eigenvalue weighted by Gasteiger charge is 2.14. The Kier molecular flexibility index (Phi) is 4.29. The van der Waals surface area contributed by atoms with Gasteiger partial charge in [-0.05, 0) is 30.2 Å². The standard InChI is InChI=1S/C15H17NO3S/c1-12-8-9-15(19-2)14(10-12)16-20(17,18)11-13-6-4-3-5-7-13/h3-10,16H,11H2,1-2H3. The van der Waals surface area contributed by atoms with E-state index in [2.05, 4.69) is 4.72 Å². The van der Waals surface area contributed by atoms with E-state index in [9.17, 15) is 8.42 Å². The van der Waals surface area contributed by atoms with Gasteiger partial charge in [-0.3, -0.25) is 4.72 Å². The van der Waals surface area contributed by atoms with Crippen LogP contribution in [0, 0.1) is 6.92 Å². The highest BCUT2D eigenvalue weighted by Crippen LogP contribution is 2.26. The van der Waals surface area contributed by atoms with E-state index < -0.39 is 10.0 Å². The molecule has 4 nitrogen and oxygen atoms in total. The van der Waals surface area contributed by atoms with Gasteiger partial charge >= 0.3 is 0 Å². The van der Waals surface area contributed by atoms with Gasteiger partial charge in [-0.1, -0.05) is 36.4 Å². The number of methoxy groups -OCH3 is 1. The highest BCUT2D eigenvalue weighted by molar-refractivity contribution is 7.91. The maximum absolute atomic E-state index is 12.2. The molecular weight excluding hydrogens is 274 g/mol. The fourth-order valence-electron chi connectivity index (χ4n) is 1.90. The van der Waals surface area contributed by atoms with Crippen LogP contribution in [0.1, 0.15) is 11.1 Å². The molecule has 0 saturated carbocycles. The van der Waals surface area contributed by atoms with Crippen LogP contribution in [0.4, 0.5) is 5.69 Å². The maximum atomic E-state index is 12.2. The summed E-state index contributed by atoms with van der Waals surface area (Å²) in [4.78, 5) is 0. The lowest BCUT2D eigenvalue weighted by molar-refractivity contribution is 0.417. The second-order valence-electron chi connectivity index (χ2n) is 4.55. The van der Waals surface area contributed by atoms with Crippen LogP contribution in [0.15, 0.2) is 48.5 Å². The number of benzene rings is 2. The van der Waals surface area contributed by atoms with Gasteiger partial charge in [-0.15, -0.1) is 0 Å². The van der Waals surface area contributed by atoms with E-state index in [-0.39, 0.29) is 5.75 Å². The molecule has 106 valence electrons. The van der Waals surface area contributed by atoms with E-state index in [0.717, 1.165) is 11.1 Å². The van der Waals surface area contributed by atoms with E-state index in [0.29, 0.717) is 11.4 Å².